The fourth-order valence-corrected chi connectivity index (χ4v) is 4.66. The second-order valence-electron chi connectivity index (χ2n) is 8.06. The van der Waals surface area contributed by atoms with Crippen LogP contribution >= 0.6 is 0 Å². The lowest BCUT2D eigenvalue weighted by Crippen LogP contribution is -2.38. The number of para-hydroxylation sites is 1. The lowest BCUT2D eigenvalue weighted by molar-refractivity contribution is 0.0725. The summed E-state index contributed by atoms with van der Waals surface area (Å²) in [5.41, 5.74) is 5.41. The van der Waals surface area contributed by atoms with Crippen LogP contribution < -0.4 is 4.72 Å². The van der Waals surface area contributed by atoms with Gasteiger partial charge in [0.2, 0.25) is 0 Å². The molecule has 1 aromatic carbocycles. The van der Waals surface area contributed by atoms with Crippen molar-refractivity contribution in [3.63, 3.8) is 0 Å². The van der Waals surface area contributed by atoms with Gasteiger partial charge in [-0.1, -0.05) is 18.2 Å². The number of aromatic nitrogens is 2. The van der Waals surface area contributed by atoms with E-state index >= 15 is 0 Å². The van der Waals surface area contributed by atoms with Crippen molar-refractivity contribution in [2.24, 2.45) is 7.05 Å². The van der Waals surface area contributed by atoms with Gasteiger partial charge < -0.3 is 9.47 Å². The van der Waals surface area contributed by atoms with Crippen LogP contribution in [0.1, 0.15) is 32.9 Å². The number of fused-ring (bicyclic) bond motifs is 2. The average molecular weight is 442 g/mol. The first-order chi connectivity index (χ1) is 14.7. The van der Waals surface area contributed by atoms with Gasteiger partial charge in [-0.05, 0) is 42.2 Å². The number of aryl methyl sites for hydroxylation is 2. The minimum atomic E-state index is -3.53. The summed E-state index contributed by atoms with van der Waals surface area (Å²) in [4.78, 5) is 19.6. The Balaban J connectivity index is 1.59. The van der Waals surface area contributed by atoms with Crippen LogP contribution in [0.25, 0.3) is 10.9 Å². The second-order valence-corrected chi connectivity index (χ2v) is 10.0. The summed E-state index contributed by atoms with van der Waals surface area (Å²) >= 11 is 0. The van der Waals surface area contributed by atoms with E-state index in [0.29, 0.717) is 25.2 Å². The molecule has 1 aliphatic heterocycles. The molecule has 2 aromatic heterocycles. The number of hydrogen-bond acceptors (Lipinski definition) is 4. The molecule has 0 aliphatic carbocycles. The van der Waals surface area contributed by atoms with Crippen molar-refractivity contribution in [1.29, 1.82) is 0 Å². The molecule has 164 valence electrons. The molecule has 4 rings (SSSR count). The number of nitrogens with one attached hydrogen (secondary N) is 1. The highest BCUT2D eigenvalue weighted by Gasteiger charge is 2.27. The zero-order valence-electron chi connectivity index (χ0n) is 18.2. The second kappa shape index (κ2) is 8.07. The van der Waals surface area contributed by atoms with E-state index in [9.17, 15) is 13.2 Å². The normalized spacial score (nSPS) is 14.3. The van der Waals surface area contributed by atoms with Gasteiger partial charge in [-0.2, -0.15) is 17.4 Å². The summed E-state index contributed by atoms with van der Waals surface area (Å²) in [6.07, 6.45) is 2.46. The fraction of sp³-hybridized carbons (Fsp3) is 0.364. The summed E-state index contributed by atoms with van der Waals surface area (Å²) in [6, 6.07) is 9.88. The molecule has 9 heteroatoms. The molecular formula is C22H27N5O3S. The highest BCUT2D eigenvalue weighted by Crippen LogP contribution is 2.26. The van der Waals surface area contributed by atoms with Crippen LogP contribution in [0.15, 0.2) is 36.5 Å². The van der Waals surface area contributed by atoms with E-state index in [-0.39, 0.29) is 12.5 Å². The maximum Gasteiger partial charge on any atom is 0.279 e. The maximum atomic E-state index is 13.3. The Labute approximate surface area is 182 Å². The highest BCUT2D eigenvalue weighted by molar-refractivity contribution is 7.87. The monoisotopic (exact) mass is 441 g/mol. The predicted molar refractivity (Wildman–Crippen MR) is 120 cm³/mol. The molecule has 0 saturated carbocycles. The number of rotatable bonds is 5. The van der Waals surface area contributed by atoms with E-state index in [1.54, 1.807) is 6.20 Å². The van der Waals surface area contributed by atoms with Crippen molar-refractivity contribution in [3.8, 4) is 0 Å². The summed E-state index contributed by atoms with van der Waals surface area (Å²) in [5, 5.41) is 1.04. The largest absolute Gasteiger partial charge is 0.340 e. The van der Waals surface area contributed by atoms with Crippen molar-refractivity contribution >= 4 is 27.0 Å². The first-order valence-corrected chi connectivity index (χ1v) is 11.6. The van der Waals surface area contributed by atoms with E-state index in [0.717, 1.165) is 37.6 Å². The summed E-state index contributed by atoms with van der Waals surface area (Å²) in [5.74, 6) is -0.0141. The molecule has 0 spiro atoms. The van der Waals surface area contributed by atoms with Gasteiger partial charge in [0.05, 0.1) is 0 Å². The molecule has 0 saturated heterocycles. The van der Waals surface area contributed by atoms with E-state index in [2.05, 4.69) is 9.71 Å². The molecular weight excluding hydrogens is 414 g/mol. The van der Waals surface area contributed by atoms with Crippen LogP contribution in [0.4, 0.5) is 0 Å². The molecule has 31 heavy (non-hydrogen) atoms. The SMILES string of the molecule is Cc1ncc2c(c1CNS(=O)(=O)N(C)C)CCN(C(=O)c1cc3ccccc3n1C)C2. The van der Waals surface area contributed by atoms with Crippen molar-refractivity contribution in [2.75, 3.05) is 20.6 Å². The number of hydrogen-bond donors (Lipinski definition) is 1. The zero-order valence-corrected chi connectivity index (χ0v) is 19.0. The molecule has 0 unspecified atom stereocenters. The minimum Gasteiger partial charge on any atom is -0.340 e. The molecule has 1 N–H and O–H groups in total. The molecule has 8 nitrogen and oxygen atoms in total. The van der Waals surface area contributed by atoms with Crippen molar-refractivity contribution in [3.05, 3.63) is 64.6 Å². The number of nitrogens with zero attached hydrogens (tertiary/aromatic N) is 4. The zero-order chi connectivity index (χ0) is 22.3. The maximum absolute atomic E-state index is 13.3. The Kier molecular flexibility index (Phi) is 5.59. The summed E-state index contributed by atoms with van der Waals surface area (Å²) < 4.78 is 30.0. The lowest BCUT2D eigenvalue weighted by Gasteiger charge is -2.30. The fourth-order valence-electron chi connectivity index (χ4n) is 4.08. The molecule has 0 atom stereocenters. The van der Waals surface area contributed by atoms with Crippen LogP contribution in [-0.4, -0.2) is 53.7 Å². The standard InChI is InChI=1S/C22H27N5O3S/c1-15-19(13-24-31(29,30)25(2)3)18-9-10-27(14-17(18)12-23-15)22(28)21-11-16-7-5-6-8-20(16)26(21)4/h5-8,11-12,24H,9-10,13-14H2,1-4H3. The quantitative estimate of drug-likeness (QED) is 0.656. The van der Waals surface area contributed by atoms with Crippen LogP contribution in [0, 0.1) is 6.92 Å². The van der Waals surface area contributed by atoms with Gasteiger partial charge in [-0.25, -0.2) is 0 Å². The Morgan fingerprint density at radius 2 is 2.00 bits per heavy atom. The number of carbonyl (C=O) groups excluding carboxylic acids is 1. The first-order valence-electron chi connectivity index (χ1n) is 10.2. The number of amides is 1. The Hall–Kier alpha value is -2.75. The summed E-state index contributed by atoms with van der Waals surface area (Å²) in [7, 11) is 1.36. The van der Waals surface area contributed by atoms with E-state index in [1.807, 2.05) is 53.8 Å². The minimum absolute atomic E-state index is 0.0141. The van der Waals surface area contributed by atoms with E-state index in [4.69, 9.17) is 0 Å². The van der Waals surface area contributed by atoms with Gasteiger partial charge in [0.15, 0.2) is 0 Å². The van der Waals surface area contributed by atoms with Crippen LogP contribution in [0.5, 0.6) is 0 Å². The number of benzene rings is 1. The Morgan fingerprint density at radius 3 is 2.71 bits per heavy atom. The van der Waals surface area contributed by atoms with Gasteiger partial charge in [0, 0.05) is 63.6 Å². The highest BCUT2D eigenvalue weighted by atomic mass is 32.2. The molecule has 0 radical (unpaired) electrons. The molecule has 1 amide bonds. The van der Waals surface area contributed by atoms with Crippen LogP contribution in [-0.2, 0) is 36.8 Å². The van der Waals surface area contributed by atoms with Gasteiger partial charge in [-0.3, -0.25) is 9.78 Å². The molecule has 0 bridgehead atoms. The average Bonchev–Trinajstić information content (AvgIpc) is 3.08. The third-order valence-electron chi connectivity index (χ3n) is 5.97. The lowest BCUT2D eigenvalue weighted by atomic mass is 9.95. The van der Waals surface area contributed by atoms with E-state index < -0.39 is 10.2 Å². The Bertz CT molecular complexity index is 1260. The van der Waals surface area contributed by atoms with Gasteiger partial charge >= 0.3 is 0 Å². The third kappa shape index (κ3) is 3.96. The topological polar surface area (TPSA) is 87.5 Å². The predicted octanol–water partition coefficient (Wildman–Crippen LogP) is 1.98. The summed E-state index contributed by atoms with van der Waals surface area (Å²) in [6.45, 7) is 3.09. The smallest absolute Gasteiger partial charge is 0.279 e. The Morgan fingerprint density at radius 1 is 1.26 bits per heavy atom. The third-order valence-corrected chi connectivity index (χ3v) is 7.44. The van der Waals surface area contributed by atoms with Crippen LogP contribution in [0.3, 0.4) is 0 Å². The van der Waals surface area contributed by atoms with E-state index in [1.165, 1.54) is 14.1 Å². The molecule has 1 aliphatic rings. The van der Waals surface area contributed by atoms with Crippen molar-refractivity contribution in [2.45, 2.75) is 26.4 Å². The van der Waals surface area contributed by atoms with Crippen molar-refractivity contribution in [1.82, 2.24) is 23.5 Å². The van der Waals surface area contributed by atoms with Gasteiger partial charge in [0.25, 0.3) is 16.1 Å². The molecule has 3 aromatic rings. The van der Waals surface area contributed by atoms with Crippen LogP contribution in [0.2, 0.25) is 0 Å². The molecule has 3 heterocycles. The molecule has 0 fully saturated rings. The van der Waals surface area contributed by atoms with Gasteiger partial charge in [-0.15, -0.1) is 0 Å². The van der Waals surface area contributed by atoms with Gasteiger partial charge in [0.1, 0.15) is 5.69 Å². The number of carbonyl (C=O) groups is 1. The number of pyridine rings is 1. The first kappa shape index (κ1) is 21.5. The van der Waals surface area contributed by atoms with Crippen molar-refractivity contribution < 1.29 is 13.2 Å².